The molecule has 0 saturated heterocycles. The molecule has 0 N–H and O–H groups in total. The van der Waals surface area contributed by atoms with Gasteiger partial charge < -0.3 is 6.92 Å². The second-order valence-corrected chi connectivity index (χ2v) is 1.30. The van der Waals surface area contributed by atoms with Crippen LogP contribution in [0.25, 0.3) is 0 Å². The Morgan fingerprint density at radius 1 is 1.70 bits per heavy atom. The molecule has 0 aromatic rings. The largest absolute Gasteiger partial charge is 0.346 e. The molecule has 0 fully saturated rings. The summed E-state index contributed by atoms with van der Waals surface area (Å²) < 4.78 is 0. The van der Waals surface area contributed by atoms with Gasteiger partial charge in [-0.25, -0.2) is 12.2 Å². The van der Waals surface area contributed by atoms with E-state index in [0.717, 1.165) is 6.42 Å². The van der Waals surface area contributed by atoms with Crippen molar-refractivity contribution in [2.24, 2.45) is 0 Å². The van der Waals surface area contributed by atoms with Crippen LogP contribution in [0.1, 0.15) is 13.3 Å². The maximum absolute atomic E-state index is 8.57. The van der Waals surface area contributed by atoms with Crippen LogP contribution in [-0.2, 0) is 20.4 Å². The monoisotopic (exact) mass is 178 g/mol. The van der Waals surface area contributed by atoms with Crippen molar-refractivity contribution in [3.63, 3.8) is 0 Å². The summed E-state index contributed by atoms with van der Waals surface area (Å²) in [7, 11) is 0. The second kappa shape index (κ2) is 15.8. The first kappa shape index (κ1) is 12.3. The van der Waals surface area contributed by atoms with Gasteiger partial charge in [-0.05, 0) is 0 Å². The van der Waals surface area contributed by atoms with E-state index in [4.69, 9.17) is 4.79 Å². The van der Waals surface area contributed by atoms with E-state index >= 15 is 0 Å². The summed E-state index contributed by atoms with van der Waals surface area (Å²) in [6, 6.07) is 0. The van der Waals surface area contributed by atoms with Crippen LogP contribution >= 0.6 is 0 Å². The molecule has 0 unspecified atom stereocenters. The van der Waals surface area contributed by atoms with Crippen molar-refractivity contribution in [3.8, 4) is 0 Å². The second-order valence-electron chi connectivity index (χ2n) is 1.08. The zero-order valence-corrected chi connectivity index (χ0v) is 7.01. The molecule has 0 aliphatic heterocycles. The minimum Gasteiger partial charge on any atom is -0.346 e. The van der Waals surface area contributed by atoms with Gasteiger partial charge in [0, 0.05) is 0 Å². The summed E-state index contributed by atoms with van der Waals surface area (Å²) in [6.45, 7) is 5.00. The molecule has 0 amide bonds. The number of hydrogen-bond acceptors (Lipinski definition) is 1. The summed E-state index contributed by atoms with van der Waals surface area (Å²) >= 11 is 2.68. The predicted octanol–water partition coefficient (Wildman–Crippen LogP) is 1.75. The Morgan fingerprint density at radius 2 is 2.20 bits per heavy atom. The molecule has 0 spiro atoms. The van der Waals surface area contributed by atoms with E-state index in [1.54, 1.807) is 6.92 Å². The van der Waals surface area contributed by atoms with Gasteiger partial charge in [0.1, 0.15) is 0 Å². The van der Waals surface area contributed by atoms with Gasteiger partial charge in [0.2, 0.25) is 0 Å². The molecule has 58 valence electrons. The number of rotatable bonds is 0. The Morgan fingerprint density at radius 3 is 2.30 bits per heavy atom. The van der Waals surface area contributed by atoms with E-state index in [2.05, 4.69) is 34.7 Å². The topological polar surface area (TPSA) is 17.1 Å². The van der Waals surface area contributed by atoms with Gasteiger partial charge in [0.15, 0.2) is 0 Å². The Balaban J connectivity index is 0. The Hall–Kier alpha value is -0.421. The maximum Gasteiger partial charge on any atom is -0.109 e. The average Bonchev–Trinajstić information content (AvgIpc) is 2.48. The smallest absolute Gasteiger partial charge is 0.109 e. The van der Waals surface area contributed by atoms with Crippen molar-refractivity contribution in [1.29, 1.82) is 0 Å². The van der Waals surface area contributed by atoms with Crippen LogP contribution in [-0.4, -0.2) is 4.79 Å². The van der Waals surface area contributed by atoms with E-state index < -0.39 is 0 Å². The third-order valence-corrected chi connectivity index (χ3v) is 0.586. The molecule has 2 heteroatoms. The summed E-state index contributed by atoms with van der Waals surface area (Å²) in [5.74, 6) is 0. The summed E-state index contributed by atoms with van der Waals surface area (Å²) in [5, 5.41) is 0. The molecule has 1 aliphatic rings. The molecule has 0 saturated carbocycles. The Bertz CT molecular complexity index is 120. The van der Waals surface area contributed by atoms with Crippen LogP contribution in [0.4, 0.5) is 0 Å². The molecular weight excluding hydrogens is 168 g/mol. The molecule has 10 heavy (non-hydrogen) atoms. The van der Waals surface area contributed by atoms with Gasteiger partial charge in [-0.1, -0.05) is 0 Å². The normalized spacial score (nSPS) is 10.3. The molecule has 1 nitrogen and oxygen atoms in total. The maximum atomic E-state index is 8.57. The molecule has 0 atom stereocenters. The molecule has 1 aliphatic carbocycles. The third kappa shape index (κ3) is 15.6. The quantitative estimate of drug-likeness (QED) is 0.408. The van der Waals surface area contributed by atoms with E-state index in [1.165, 1.54) is 4.79 Å². The molecule has 0 aromatic heterocycles. The minimum absolute atomic E-state index is 1.01. The van der Waals surface area contributed by atoms with Crippen molar-refractivity contribution in [3.05, 3.63) is 31.2 Å². The van der Waals surface area contributed by atoms with Crippen LogP contribution < -0.4 is 0 Å². The van der Waals surface area contributed by atoms with Crippen molar-refractivity contribution < 1.29 is 20.4 Å². The fourth-order valence-electron chi connectivity index (χ4n) is 0.340. The van der Waals surface area contributed by atoms with E-state index in [9.17, 15) is 0 Å². The summed E-state index contributed by atoms with van der Waals surface area (Å²) in [4.78, 5) is 9.82. The molecule has 0 bridgehead atoms. The first-order valence-corrected chi connectivity index (χ1v) is 3.36. The van der Waals surface area contributed by atoms with Gasteiger partial charge >= 0.3 is 25.2 Å². The fourth-order valence-corrected chi connectivity index (χ4v) is 0.340. The Kier molecular flexibility index (Phi) is 19.4. The zero-order valence-electron chi connectivity index (χ0n) is 5.91. The summed E-state index contributed by atoms with van der Waals surface area (Å²) in [5.41, 5.74) is 0. The van der Waals surface area contributed by atoms with E-state index in [1.807, 2.05) is 12.2 Å². The van der Waals surface area contributed by atoms with Gasteiger partial charge in [-0.15, -0.1) is 6.42 Å². The fraction of sp³-hybridized carbons (Fsp3) is 0.250. The molecule has 1 rings (SSSR count). The Labute approximate surface area is 70.2 Å². The van der Waals surface area contributed by atoms with Crippen LogP contribution in [0.3, 0.4) is 0 Å². The number of hydrogen-bond donors (Lipinski definition) is 0. The van der Waals surface area contributed by atoms with E-state index in [0.29, 0.717) is 0 Å². The predicted molar refractivity (Wildman–Crippen MR) is 38.3 cm³/mol. The SMILES string of the molecule is O=[C]=[Fe].[C-]1=CC=CC1.[CH2-]C. The van der Waals surface area contributed by atoms with Crippen LogP contribution in [0, 0.1) is 13.0 Å². The molecule has 0 radical (unpaired) electrons. The standard InChI is InChI=1S/C5H5.C2H5.CO.Fe/c1-2-4-5-3-1;2*1-2;/h1-3H,4H2;1H2,2H3;;/q2*-1;;. The first-order chi connectivity index (χ1) is 4.91. The van der Waals surface area contributed by atoms with Crippen LogP contribution in [0.5, 0.6) is 0 Å². The first-order valence-electron chi connectivity index (χ1n) is 2.81. The molecular formula is C8H10FeO-2. The molecule has 0 aromatic carbocycles. The van der Waals surface area contributed by atoms with Crippen LogP contribution in [0.2, 0.25) is 0 Å². The van der Waals surface area contributed by atoms with Crippen LogP contribution in [0.15, 0.2) is 18.2 Å². The van der Waals surface area contributed by atoms with Crippen molar-refractivity contribution >= 4 is 4.79 Å². The van der Waals surface area contributed by atoms with Gasteiger partial charge in [0.25, 0.3) is 0 Å². The van der Waals surface area contributed by atoms with Crippen molar-refractivity contribution in [1.82, 2.24) is 0 Å². The average molecular weight is 178 g/mol. The summed E-state index contributed by atoms with van der Waals surface area (Å²) in [6.07, 6.45) is 10.0. The third-order valence-electron chi connectivity index (χ3n) is 0.586. The van der Waals surface area contributed by atoms with Gasteiger partial charge in [-0.2, -0.15) is 13.0 Å². The van der Waals surface area contributed by atoms with Gasteiger partial charge in [-0.3, -0.25) is 6.08 Å². The van der Waals surface area contributed by atoms with Crippen molar-refractivity contribution in [2.75, 3.05) is 0 Å². The van der Waals surface area contributed by atoms with E-state index in [-0.39, 0.29) is 0 Å². The number of carbonyl (C=O) groups excluding carboxylic acids is 1. The zero-order chi connectivity index (χ0) is 8.24. The van der Waals surface area contributed by atoms with Crippen molar-refractivity contribution in [2.45, 2.75) is 13.3 Å². The molecule has 0 heterocycles. The minimum atomic E-state index is 1.01. The van der Waals surface area contributed by atoms with Gasteiger partial charge in [0.05, 0.1) is 0 Å². The number of allylic oxidation sites excluding steroid dienone is 4.